The summed E-state index contributed by atoms with van der Waals surface area (Å²) in [7, 11) is 1.69. The molecule has 0 unspecified atom stereocenters. The molecule has 2 N–H and O–H groups in total. The largest absolute Gasteiger partial charge is 0.491 e. The highest BCUT2D eigenvalue weighted by Crippen LogP contribution is 2.26. The van der Waals surface area contributed by atoms with Crippen molar-refractivity contribution in [2.45, 2.75) is 45.6 Å². The van der Waals surface area contributed by atoms with Crippen molar-refractivity contribution >= 4 is 22.6 Å². The van der Waals surface area contributed by atoms with Crippen LogP contribution in [0.5, 0.6) is 5.75 Å². The van der Waals surface area contributed by atoms with Crippen LogP contribution in [0.2, 0.25) is 0 Å². The maximum Gasteiger partial charge on any atom is 0.225 e. The third-order valence-corrected chi connectivity index (χ3v) is 6.29. The predicted molar refractivity (Wildman–Crippen MR) is 137 cm³/mol. The zero-order valence-electron chi connectivity index (χ0n) is 20.7. The first kappa shape index (κ1) is 23.8. The third kappa shape index (κ3) is 4.76. The van der Waals surface area contributed by atoms with Gasteiger partial charge < -0.3 is 19.6 Å². The lowest BCUT2D eigenvalue weighted by Gasteiger charge is -2.15. The number of ether oxygens (including phenoxy) is 2. The normalized spacial score (nSPS) is 11.6. The Labute approximate surface area is 209 Å². The number of aryl methyl sites for hydroxylation is 2. The molecule has 10 nitrogen and oxygen atoms in total. The molecule has 0 atom stereocenters. The monoisotopic (exact) mass is 489 g/mol. The molecule has 5 rings (SSSR count). The molecule has 4 heterocycles. The Morgan fingerprint density at radius 1 is 1.03 bits per heavy atom. The summed E-state index contributed by atoms with van der Waals surface area (Å²) in [5.74, 6) is 2.28. The number of benzene rings is 1. The molecular weight excluding hydrogens is 458 g/mol. The molecule has 0 amide bonds. The summed E-state index contributed by atoms with van der Waals surface area (Å²) in [5.41, 5.74) is 10.2. The van der Waals surface area contributed by atoms with Gasteiger partial charge in [-0.3, -0.25) is 0 Å². The van der Waals surface area contributed by atoms with E-state index in [1.807, 2.05) is 10.7 Å². The van der Waals surface area contributed by atoms with E-state index in [4.69, 9.17) is 19.6 Å². The van der Waals surface area contributed by atoms with Gasteiger partial charge in [-0.1, -0.05) is 25.5 Å². The Morgan fingerprint density at radius 3 is 2.75 bits per heavy atom. The van der Waals surface area contributed by atoms with Gasteiger partial charge in [0.1, 0.15) is 12.4 Å². The second kappa shape index (κ2) is 10.8. The highest BCUT2D eigenvalue weighted by molar-refractivity contribution is 5.90. The lowest BCUT2D eigenvalue weighted by Crippen LogP contribution is -2.08. The Morgan fingerprint density at radius 2 is 1.94 bits per heavy atom. The number of unbranched alkanes of at least 4 members (excludes halogenated alkanes) is 2. The van der Waals surface area contributed by atoms with Crippen LogP contribution in [0.3, 0.4) is 0 Å². The van der Waals surface area contributed by atoms with Crippen molar-refractivity contribution in [1.29, 1.82) is 0 Å². The van der Waals surface area contributed by atoms with Crippen LogP contribution >= 0.6 is 0 Å². The fourth-order valence-corrected chi connectivity index (χ4v) is 4.47. The van der Waals surface area contributed by atoms with Crippen LogP contribution < -0.4 is 10.5 Å². The minimum absolute atomic E-state index is 0.265. The first-order valence-corrected chi connectivity index (χ1v) is 12.3. The van der Waals surface area contributed by atoms with Gasteiger partial charge >= 0.3 is 0 Å². The molecule has 0 saturated carbocycles. The van der Waals surface area contributed by atoms with Crippen LogP contribution in [-0.2, 0) is 24.1 Å². The smallest absolute Gasteiger partial charge is 0.225 e. The number of anilines is 1. The van der Waals surface area contributed by atoms with Gasteiger partial charge in [0.05, 0.1) is 24.5 Å². The number of hydrogen-bond acceptors (Lipinski definition) is 8. The topological polar surface area (TPSA) is 119 Å². The van der Waals surface area contributed by atoms with Crippen LogP contribution in [0.25, 0.3) is 28.3 Å². The molecule has 0 aliphatic carbocycles. The molecule has 4 aromatic heterocycles. The van der Waals surface area contributed by atoms with E-state index in [-0.39, 0.29) is 5.95 Å². The van der Waals surface area contributed by atoms with Crippen LogP contribution in [0.15, 0.2) is 47.2 Å². The van der Waals surface area contributed by atoms with Crippen molar-refractivity contribution in [2.24, 2.45) is 0 Å². The van der Waals surface area contributed by atoms with Gasteiger partial charge in [0.2, 0.25) is 11.8 Å². The fraction of sp³-hybridized carbons (Fsp3) is 0.385. The number of aromatic nitrogens is 6. The maximum atomic E-state index is 6.20. The number of nitrogen functional groups attached to an aromatic ring is 1. The number of nitrogens with zero attached hydrogens (tertiary/aromatic N) is 6. The number of rotatable bonds is 12. The molecule has 0 fully saturated rings. The van der Waals surface area contributed by atoms with E-state index < -0.39 is 0 Å². The second-order valence-electron chi connectivity index (χ2n) is 8.62. The summed E-state index contributed by atoms with van der Waals surface area (Å²) in [6.45, 7) is 4.07. The van der Waals surface area contributed by atoms with Crippen molar-refractivity contribution in [1.82, 2.24) is 29.4 Å². The van der Waals surface area contributed by atoms with Gasteiger partial charge in [0, 0.05) is 13.7 Å². The van der Waals surface area contributed by atoms with Gasteiger partial charge in [-0.05, 0) is 55.0 Å². The lowest BCUT2D eigenvalue weighted by molar-refractivity contribution is 0.145. The second-order valence-corrected chi connectivity index (χ2v) is 8.62. The van der Waals surface area contributed by atoms with Gasteiger partial charge in [-0.25, -0.2) is 9.67 Å². The predicted octanol–water partition coefficient (Wildman–Crippen LogP) is 4.32. The number of hydrogen-bond donors (Lipinski definition) is 1. The van der Waals surface area contributed by atoms with E-state index in [9.17, 15) is 0 Å². The highest BCUT2D eigenvalue weighted by atomic mass is 16.5. The Kier molecular flexibility index (Phi) is 7.13. The van der Waals surface area contributed by atoms with Crippen molar-refractivity contribution in [2.75, 3.05) is 26.1 Å². The number of furan rings is 1. The fourth-order valence-electron chi connectivity index (χ4n) is 4.47. The molecule has 0 saturated heterocycles. The van der Waals surface area contributed by atoms with Crippen molar-refractivity contribution in [3.8, 4) is 17.3 Å². The molecule has 10 heteroatoms. The molecule has 5 aromatic rings. The van der Waals surface area contributed by atoms with E-state index in [1.54, 1.807) is 25.6 Å². The average molecular weight is 490 g/mol. The number of nitrogens with two attached hydrogens (primary N) is 1. The zero-order valence-corrected chi connectivity index (χ0v) is 20.7. The van der Waals surface area contributed by atoms with E-state index in [0.717, 1.165) is 49.8 Å². The van der Waals surface area contributed by atoms with E-state index >= 15 is 0 Å². The molecule has 0 radical (unpaired) electrons. The molecular formula is C26H31N7O3. The SMILES string of the molecule is CCc1cccc(OCCOC)c1CCCCCn1ncc2c1nc(N)n1nc(-c3ccco3)nc21. The Balaban J connectivity index is 1.24. The summed E-state index contributed by atoms with van der Waals surface area (Å²) in [4.78, 5) is 9.17. The first-order valence-electron chi connectivity index (χ1n) is 12.3. The minimum atomic E-state index is 0.265. The summed E-state index contributed by atoms with van der Waals surface area (Å²) >= 11 is 0. The Bertz CT molecular complexity index is 1440. The van der Waals surface area contributed by atoms with E-state index in [0.29, 0.717) is 36.1 Å². The zero-order chi connectivity index (χ0) is 24.9. The van der Waals surface area contributed by atoms with Gasteiger partial charge in [0.25, 0.3) is 0 Å². The molecule has 0 spiro atoms. The molecule has 36 heavy (non-hydrogen) atoms. The standard InChI is InChI=1S/C26H31N7O3/c1-3-18-9-7-11-21(36-16-15-34-2)19(18)10-5-4-6-13-32-24-20(17-28-32)25-29-23(22-12-8-14-35-22)31-33(25)26(27)30-24/h7-9,11-12,14,17H,3-6,10,13,15-16H2,1-2H3,(H2,27,30). The van der Waals surface area contributed by atoms with Crippen LogP contribution in [0, 0.1) is 0 Å². The third-order valence-electron chi connectivity index (χ3n) is 6.29. The van der Waals surface area contributed by atoms with Crippen LogP contribution in [0.4, 0.5) is 5.95 Å². The summed E-state index contributed by atoms with van der Waals surface area (Å²) in [5, 5.41) is 9.81. The minimum Gasteiger partial charge on any atom is -0.491 e. The summed E-state index contributed by atoms with van der Waals surface area (Å²) < 4.78 is 20.0. The maximum absolute atomic E-state index is 6.20. The molecule has 0 bridgehead atoms. The summed E-state index contributed by atoms with van der Waals surface area (Å²) in [6.07, 6.45) is 8.43. The van der Waals surface area contributed by atoms with Crippen LogP contribution in [-0.4, -0.2) is 49.7 Å². The van der Waals surface area contributed by atoms with Gasteiger partial charge in [0.15, 0.2) is 17.1 Å². The van der Waals surface area contributed by atoms with Crippen molar-refractivity contribution in [3.63, 3.8) is 0 Å². The quantitative estimate of drug-likeness (QED) is 0.258. The number of methoxy groups -OCH3 is 1. The Hall–Kier alpha value is -3.92. The first-order chi connectivity index (χ1) is 17.7. The van der Waals surface area contributed by atoms with Crippen molar-refractivity contribution < 1.29 is 13.9 Å². The van der Waals surface area contributed by atoms with E-state index in [2.05, 4.69) is 45.3 Å². The lowest BCUT2D eigenvalue weighted by atomic mass is 9.98. The molecule has 1 aromatic carbocycles. The molecule has 188 valence electrons. The molecule has 0 aliphatic heterocycles. The van der Waals surface area contributed by atoms with Crippen molar-refractivity contribution in [3.05, 3.63) is 53.9 Å². The van der Waals surface area contributed by atoms with E-state index in [1.165, 1.54) is 15.6 Å². The number of fused-ring (bicyclic) bond motifs is 3. The highest BCUT2D eigenvalue weighted by Gasteiger charge is 2.17. The summed E-state index contributed by atoms with van der Waals surface area (Å²) in [6, 6.07) is 9.92. The van der Waals surface area contributed by atoms with Gasteiger partial charge in [-0.15, -0.1) is 5.10 Å². The van der Waals surface area contributed by atoms with Crippen LogP contribution in [0.1, 0.15) is 37.3 Å². The molecule has 0 aliphatic rings. The average Bonchev–Trinajstić information content (AvgIpc) is 3.64. The van der Waals surface area contributed by atoms with Gasteiger partial charge in [-0.2, -0.15) is 14.6 Å².